The average Bonchev–Trinajstić information content (AvgIpc) is 2.73. The van der Waals surface area contributed by atoms with E-state index in [2.05, 4.69) is 9.72 Å². The van der Waals surface area contributed by atoms with Gasteiger partial charge in [-0.25, -0.2) is 4.98 Å². The van der Waals surface area contributed by atoms with E-state index in [1.54, 1.807) is 6.20 Å². The maximum absolute atomic E-state index is 11.2. The molecule has 1 aromatic rings. The molecule has 0 saturated carbocycles. The van der Waals surface area contributed by atoms with E-state index in [1.165, 1.54) is 7.11 Å². The number of hydrogen-bond acceptors (Lipinski definition) is 4. The lowest BCUT2D eigenvalue weighted by atomic mass is 10.1. The fourth-order valence-corrected chi connectivity index (χ4v) is 1.51. The van der Waals surface area contributed by atoms with Crippen LogP contribution in [0.15, 0.2) is 12.4 Å². The highest BCUT2D eigenvalue weighted by atomic mass is 16.5. The van der Waals surface area contributed by atoms with Crippen molar-refractivity contribution < 1.29 is 9.53 Å². The molecule has 5 heteroatoms. The maximum atomic E-state index is 11.2. The van der Waals surface area contributed by atoms with Crippen LogP contribution in [0.4, 0.5) is 0 Å². The molecule has 0 radical (unpaired) electrons. The summed E-state index contributed by atoms with van der Waals surface area (Å²) in [5.41, 5.74) is 5.63. The van der Waals surface area contributed by atoms with Crippen LogP contribution in [0.3, 0.4) is 0 Å². The number of nitrogens with zero attached hydrogens (tertiary/aromatic N) is 2. The van der Waals surface area contributed by atoms with Gasteiger partial charge in [0.05, 0.1) is 13.5 Å². The Bertz CT molecular complexity index is 322. The molecular weight excluding hydrogens is 194 g/mol. The zero-order valence-corrected chi connectivity index (χ0v) is 9.14. The Kier molecular flexibility index (Phi) is 4.30. The number of hydrogen-bond donors (Lipinski definition) is 1. The van der Waals surface area contributed by atoms with Gasteiger partial charge in [-0.15, -0.1) is 0 Å². The van der Waals surface area contributed by atoms with Gasteiger partial charge in [0.2, 0.25) is 0 Å². The summed E-state index contributed by atoms with van der Waals surface area (Å²) in [6.07, 6.45) is 3.89. The van der Waals surface area contributed by atoms with Crippen molar-refractivity contribution >= 4 is 5.97 Å². The molecule has 1 unspecified atom stereocenters. The fraction of sp³-hybridized carbons (Fsp3) is 0.600. The summed E-state index contributed by atoms with van der Waals surface area (Å²) < 4.78 is 6.61. The number of imidazole rings is 1. The molecular formula is C10H17N3O2. The third-order valence-electron chi connectivity index (χ3n) is 2.38. The van der Waals surface area contributed by atoms with E-state index in [4.69, 9.17) is 5.73 Å². The van der Waals surface area contributed by atoms with Crippen LogP contribution in [0.25, 0.3) is 0 Å². The summed E-state index contributed by atoms with van der Waals surface area (Å²) >= 11 is 0. The molecule has 2 N–H and O–H groups in total. The lowest BCUT2D eigenvalue weighted by molar-refractivity contribution is -0.141. The van der Waals surface area contributed by atoms with Gasteiger partial charge in [0.25, 0.3) is 0 Å². The van der Waals surface area contributed by atoms with Crippen LogP contribution in [0.2, 0.25) is 0 Å². The zero-order valence-electron chi connectivity index (χ0n) is 9.14. The van der Waals surface area contributed by atoms with Gasteiger partial charge >= 0.3 is 5.97 Å². The van der Waals surface area contributed by atoms with Crippen molar-refractivity contribution in [1.29, 1.82) is 0 Å². The van der Waals surface area contributed by atoms with E-state index in [0.29, 0.717) is 6.54 Å². The molecule has 0 saturated heterocycles. The highest BCUT2D eigenvalue weighted by molar-refractivity contribution is 5.70. The minimum Gasteiger partial charge on any atom is -0.469 e. The van der Waals surface area contributed by atoms with Crippen LogP contribution in [-0.2, 0) is 16.1 Å². The molecule has 5 nitrogen and oxygen atoms in total. The molecule has 0 aliphatic rings. The van der Waals surface area contributed by atoms with Crippen LogP contribution < -0.4 is 5.73 Å². The van der Waals surface area contributed by atoms with Crippen LogP contribution in [0.1, 0.15) is 25.1 Å². The number of aromatic nitrogens is 2. The van der Waals surface area contributed by atoms with E-state index in [9.17, 15) is 4.79 Å². The Morgan fingerprint density at radius 2 is 2.47 bits per heavy atom. The minimum atomic E-state index is -0.254. The number of methoxy groups -OCH3 is 1. The van der Waals surface area contributed by atoms with Crippen LogP contribution in [0, 0.1) is 0 Å². The number of rotatable bonds is 5. The monoisotopic (exact) mass is 211 g/mol. The lowest BCUT2D eigenvalue weighted by Gasteiger charge is -2.14. The molecule has 1 heterocycles. The van der Waals surface area contributed by atoms with Crippen molar-refractivity contribution in [3.63, 3.8) is 0 Å². The van der Waals surface area contributed by atoms with E-state index >= 15 is 0 Å². The molecule has 1 aromatic heterocycles. The van der Waals surface area contributed by atoms with Gasteiger partial charge in [-0.3, -0.25) is 4.79 Å². The van der Waals surface area contributed by atoms with Gasteiger partial charge in [0.1, 0.15) is 5.82 Å². The quantitative estimate of drug-likeness (QED) is 0.720. The molecule has 1 rings (SSSR count). The molecule has 0 amide bonds. The largest absolute Gasteiger partial charge is 0.469 e. The third kappa shape index (κ3) is 2.79. The molecule has 0 aromatic carbocycles. The zero-order chi connectivity index (χ0) is 11.3. The molecule has 0 spiro atoms. The molecule has 84 valence electrons. The van der Waals surface area contributed by atoms with Crippen molar-refractivity contribution in [2.24, 2.45) is 5.73 Å². The third-order valence-corrected chi connectivity index (χ3v) is 2.38. The number of nitrogens with two attached hydrogens (primary N) is 1. The molecule has 0 bridgehead atoms. The number of esters is 1. The van der Waals surface area contributed by atoms with Crippen molar-refractivity contribution in [3.05, 3.63) is 18.2 Å². The number of carbonyl (C=O) groups excluding carboxylic acids is 1. The van der Waals surface area contributed by atoms with Gasteiger partial charge in [-0.2, -0.15) is 0 Å². The Hall–Kier alpha value is -1.36. The fourth-order valence-electron chi connectivity index (χ4n) is 1.51. The van der Waals surface area contributed by atoms with Gasteiger partial charge in [-0.1, -0.05) is 0 Å². The molecule has 0 fully saturated rings. The van der Waals surface area contributed by atoms with Crippen molar-refractivity contribution in [1.82, 2.24) is 9.55 Å². The predicted molar refractivity (Wildman–Crippen MR) is 56.3 cm³/mol. The number of carbonyl (C=O) groups is 1. The summed E-state index contributed by atoms with van der Waals surface area (Å²) in [4.78, 5) is 15.4. The van der Waals surface area contributed by atoms with Crippen LogP contribution in [-0.4, -0.2) is 29.2 Å². The standard InChI is InChI=1S/C10H17N3O2/c1-3-13-5-4-12-10(13)8(7-11)6-9(14)15-2/h4-5,8H,3,6-7,11H2,1-2H3. The first-order valence-electron chi connectivity index (χ1n) is 5.00. The maximum Gasteiger partial charge on any atom is 0.306 e. The Labute approximate surface area is 89.2 Å². The highest BCUT2D eigenvalue weighted by Crippen LogP contribution is 2.17. The first-order chi connectivity index (χ1) is 7.22. The highest BCUT2D eigenvalue weighted by Gasteiger charge is 2.18. The number of ether oxygens (including phenoxy) is 1. The van der Waals surface area contributed by atoms with Gasteiger partial charge in [0.15, 0.2) is 0 Å². The topological polar surface area (TPSA) is 70.1 Å². The summed E-state index contributed by atoms with van der Waals surface area (Å²) in [5.74, 6) is 0.536. The predicted octanol–water partition coefficient (Wildman–Crippen LogP) is 0.508. The lowest BCUT2D eigenvalue weighted by Crippen LogP contribution is -2.20. The molecule has 1 atom stereocenters. The van der Waals surface area contributed by atoms with Crippen molar-refractivity contribution in [3.8, 4) is 0 Å². The van der Waals surface area contributed by atoms with Gasteiger partial charge in [-0.05, 0) is 6.92 Å². The number of aryl methyl sites for hydroxylation is 1. The van der Waals surface area contributed by atoms with E-state index < -0.39 is 0 Å². The molecule has 0 aliphatic carbocycles. The summed E-state index contributed by atoms with van der Waals surface area (Å²) in [5, 5.41) is 0. The second-order valence-corrected chi connectivity index (χ2v) is 3.28. The molecule has 0 aliphatic heterocycles. The smallest absolute Gasteiger partial charge is 0.306 e. The summed E-state index contributed by atoms with van der Waals surface area (Å²) in [7, 11) is 1.38. The normalized spacial score (nSPS) is 12.5. The van der Waals surface area contributed by atoms with E-state index in [1.807, 2.05) is 17.7 Å². The van der Waals surface area contributed by atoms with E-state index in [-0.39, 0.29) is 18.3 Å². The second kappa shape index (κ2) is 5.50. The van der Waals surface area contributed by atoms with Gasteiger partial charge < -0.3 is 15.0 Å². The SMILES string of the molecule is CCn1ccnc1C(CN)CC(=O)OC. The van der Waals surface area contributed by atoms with Crippen LogP contribution in [0.5, 0.6) is 0 Å². The second-order valence-electron chi connectivity index (χ2n) is 3.28. The average molecular weight is 211 g/mol. The Morgan fingerprint density at radius 1 is 1.73 bits per heavy atom. The molecule has 15 heavy (non-hydrogen) atoms. The van der Waals surface area contributed by atoms with Crippen molar-refractivity contribution in [2.45, 2.75) is 25.8 Å². The van der Waals surface area contributed by atoms with E-state index in [0.717, 1.165) is 12.4 Å². The first-order valence-corrected chi connectivity index (χ1v) is 5.00. The Balaban J connectivity index is 2.78. The summed E-state index contributed by atoms with van der Waals surface area (Å²) in [6.45, 7) is 3.25. The minimum absolute atomic E-state index is 0.0626. The Morgan fingerprint density at radius 3 is 3.00 bits per heavy atom. The van der Waals surface area contributed by atoms with Crippen molar-refractivity contribution in [2.75, 3.05) is 13.7 Å². The first kappa shape index (κ1) is 11.7. The van der Waals surface area contributed by atoms with Crippen LogP contribution >= 0.6 is 0 Å². The summed E-state index contributed by atoms with van der Waals surface area (Å²) in [6, 6.07) is 0. The van der Waals surface area contributed by atoms with Gasteiger partial charge in [0, 0.05) is 31.4 Å².